The number of carbonyl (C=O) groups is 2. The van der Waals surface area contributed by atoms with E-state index in [0.29, 0.717) is 17.4 Å². The lowest BCUT2D eigenvalue weighted by Crippen LogP contribution is -2.37. The molecule has 66 heavy (non-hydrogen) atoms. The molecule has 0 radical (unpaired) electrons. The normalized spacial score (nSPS) is 14.3. The van der Waals surface area contributed by atoms with E-state index in [1.807, 2.05) is 21.1 Å². The highest BCUT2D eigenvalue weighted by molar-refractivity contribution is 7.47. The molecule has 2 unspecified atom stereocenters. The number of esters is 2. The molecule has 376 valence electrons. The molecular weight excluding hydrogens is 846 g/mol. The van der Waals surface area contributed by atoms with Gasteiger partial charge in [0.1, 0.15) is 19.8 Å². The van der Waals surface area contributed by atoms with Crippen molar-refractivity contribution in [3.8, 4) is 0 Å². The minimum Gasteiger partial charge on any atom is -0.462 e. The summed E-state index contributed by atoms with van der Waals surface area (Å²) in [5, 5.41) is 0. The second-order valence-electron chi connectivity index (χ2n) is 17.8. The zero-order chi connectivity index (χ0) is 48.5. The Morgan fingerprint density at radius 1 is 0.470 bits per heavy atom. The fraction of sp³-hybridized carbons (Fsp3) is 0.643. The maximum absolute atomic E-state index is 12.8. The molecule has 0 aliphatic rings. The lowest BCUT2D eigenvalue weighted by molar-refractivity contribution is -0.870. The summed E-state index contributed by atoms with van der Waals surface area (Å²) < 4.78 is 34.4. The highest BCUT2D eigenvalue weighted by Gasteiger charge is 2.27. The van der Waals surface area contributed by atoms with Crippen LogP contribution in [-0.2, 0) is 32.7 Å². The summed E-state index contributed by atoms with van der Waals surface area (Å²) >= 11 is 0. The van der Waals surface area contributed by atoms with Gasteiger partial charge in [0.05, 0.1) is 27.7 Å². The van der Waals surface area contributed by atoms with Crippen molar-refractivity contribution < 1.29 is 42.1 Å². The van der Waals surface area contributed by atoms with E-state index in [-0.39, 0.29) is 32.0 Å². The predicted molar refractivity (Wildman–Crippen MR) is 279 cm³/mol. The van der Waals surface area contributed by atoms with Gasteiger partial charge in [0.15, 0.2) is 6.10 Å². The van der Waals surface area contributed by atoms with Crippen molar-refractivity contribution in [2.75, 3.05) is 47.5 Å². The molecule has 2 atom stereocenters. The zero-order valence-corrected chi connectivity index (χ0v) is 43.3. The molecule has 0 aliphatic carbocycles. The van der Waals surface area contributed by atoms with Gasteiger partial charge in [-0.05, 0) is 96.3 Å². The molecule has 9 nitrogen and oxygen atoms in total. The fourth-order valence-electron chi connectivity index (χ4n) is 6.38. The molecule has 1 N–H and O–H groups in total. The molecular formula is C56H95NO8P+. The number of allylic oxidation sites excluding steroid dienone is 18. The number of phosphoric acid groups is 1. The third kappa shape index (κ3) is 50.1. The SMILES string of the molecule is CC/C=C\C/C=C\C/C=C\C/C=C\C/C=C\C/C=C\CCCCCCCCC(=O)OC(COC(=O)CCCCCCCCC/C=C\C/C=C\C/C=C\CC)COP(=O)(O)OCC[N+](C)(C)C. The Hall–Kier alpha value is -3.33. The summed E-state index contributed by atoms with van der Waals surface area (Å²) in [5.74, 6) is -0.836. The minimum atomic E-state index is -4.40. The molecule has 0 rings (SSSR count). The van der Waals surface area contributed by atoms with Crippen LogP contribution in [0, 0.1) is 0 Å². The molecule has 0 aromatic carbocycles. The first-order valence-corrected chi connectivity index (χ1v) is 27.1. The van der Waals surface area contributed by atoms with Crippen molar-refractivity contribution in [2.45, 2.75) is 187 Å². The summed E-state index contributed by atoms with van der Waals surface area (Å²) in [6.07, 6.45) is 64.2. The van der Waals surface area contributed by atoms with Gasteiger partial charge in [-0.25, -0.2) is 4.57 Å². The molecule has 10 heteroatoms. The lowest BCUT2D eigenvalue weighted by Gasteiger charge is -2.24. The number of hydrogen-bond acceptors (Lipinski definition) is 7. The Kier molecular flexibility index (Phi) is 44.4. The second kappa shape index (κ2) is 46.8. The van der Waals surface area contributed by atoms with Gasteiger partial charge >= 0.3 is 19.8 Å². The van der Waals surface area contributed by atoms with Crippen LogP contribution in [0.2, 0.25) is 0 Å². The summed E-state index contributed by atoms with van der Waals surface area (Å²) in [6.45, 7) is 4.15. The predicted octanol–water partition coefficient (Wildman–Crippen LogP) is 15.5. The third-order valence-corrected chi connectivity index (χ3v) is 11.3. The summed E-state index contributed by atoms with van der Waals surface area (Å²) in [7, 11) is 1.44. The number of unbranched alkanes of at least 4 members (excludes halogenated alkanes) is 13. The zero-order valence-electron chi connectivity index (χ0n) is 42.4. The van der Waals surface area contributed by atoms with Crippen molar-refractivity contribution >= 4 is 19.8 Å². The molecule has 0 saturated carbocycles. The van der Waals surface area contributed by atoms with E-state index in [1.165, 1.54) is 19.3 Å². The second-order valence-corrected chi connectivity index (χ2v) is 19.2. The monoisotopic (exact) mass is 941 g/mol. The van der Waals surface area contributed by atoms with E-state index in [2.05, 4.69) is 123 Å². The minimum absolute atomic E-state index is 0.0202. The Labute approximate surface area is 404 Å². The molecule has 0 fully saturated rings. The number of phosphoric ester groups is 1. The van der Waals surface area contributed by atoms with Gasteiger partial charge in [-0.2, -0.15) is 0 Å². The first-order valence-electron chi connectivity index (χ1n) is 25.6. The number of quaternary nitrogens is 1. The van der Waals surface area contributed by atoms with Crippen molar-refractivity contribution in [1.29, 1.82) is 0 Å². The number of carbonyl (C=O) groups excluding carboxylic acids is 2. The topological polar surface area (TPSA) is 108 Å². The average Bonchev–Trinajstić information content (AvgIpc) is 3.27. The van der Waals surface area contributed by atoms with Crippen LogP contribution < -0.4 is 0 Å². The maximum atomic E-state index is 12.8. The molecule has 0 aliphatic heterocycles. The Morgan fingerprint density at radius 3 is 1.21 bits per heavy atom. The van der Waals surface area contributed by atoms with Crippen LogP contribution in [0.1, 0.15) is 181 Å². The van der Waals surface area contributed by atoms with E-state index >= 15 is 0 Å². The Balaban J connectivity index is 4.33. The molecule has 0 saturated heterocycles. The first kappa shape index (κ1) is 62.7. The van der Waals surface area contributed by atoms with Crippen molar-refractivity contribution in [2.24, 2.45) is 0 Å². The highest BCUT2D eigenvalue weighted by atomic mass is 31.2. The average molecular weight is 941 g/mol. The number of likely N-dealkylation sites (N-methyl/N-ethyl adjacent to an activating group) is 1. The molecule has 0 amide bonds. The van der Waals surface area contributed by atoms with Gasteiger partial charge in [0.2, 0.25) is 0 Å². The summed E-state index contributed by atoms with van der Waals surface area (Å²) in [4.78, 5) is 35.6. The number of nitrogens with zero attached hydrogens (tertiary/aromatic N) is 1. The Morgan fingerprint density at radius 2 is 0.818 bits per heavy atom. The van der Waals surface area contributed by atoms with Crippen molar-refractivity contribution in [3.05, 3.63) is 109 Å². The molecule has 0 aromatic rings. The smallest absolute Gasteiger partial charge is 0.462 e. The van der Waals surface area contributed by atoms with Crippen LogP contribution in [0.15, 0.2) is 109 Å². The fourth-order valence-corrected chi connectivity index (χ4v) is 7.13. The van der Waals surface area contributed by atoms with Crippen LogP contribution >= 0.6 is 7.82 Å². The van der Waals surface area contributed by atoms with Crippen molar-refractivity contribution in [1.82, 2.24) is 0 Å². The quantitative estimate of drug-likeness (QED) is 0.0211. The van der Waals surface area contributed by atoms with Crippen LogP contribution in [0.5, 0.6) is 0 Å². The van der Waals surface area contributed by atoms with Crippen LogP contribution in [0.25, 0.3) is 0 Å². The first-order chi connectivity index (χ1) is 32.0. The van der Waals surface area contributed by atoms with E-state index < -0.39 is 26.5 Å². The van der Waals surface area contributed by atoms with Crippen LogP contribution in [0.4, 0.5) is 0 Å². The van der Waals surface area contributed by atoms with Gasteiger partial charge < -0.3 is 18.9 Å². The van der Waals surface area contributed by atoms with Gasteiger partial charge in [-0.1, -0.05) is 181 Å². The highest BCUT2D eigenvalue weighted by Crippen LogP contribution is 2.43. The van der Waals surface area contributed by atoms with Gasteiger partial charge in [-0.15, -0.1) is 0 Å². The molecule has 0 heterocycles. The van der Waals surface area contributed by atoms with E-state index in [4.69, 9.17) is 18.5 Å². The summed E-state index contributed by atoms with van der Waals surface area (Å²) in [5.41, 5.74) is 0. The number of hydrogen-bond donors (Lipinski definition) is 1. The van der Waals surface area contributed by atoms with Crippen molar-refractivity contribution in [3.63, 3.8) is 0 Å². The van der Waals surface area contributed by atoms with Crippen LogP contribution in [-0.4, -0.2) is 74.9 Å². The summed E-state index contributed by atoms with van der Waals surface area (Å²) in [6, 6.07) is 0. The third-order valence-electron chi connectivity index (χ3n) is 10.3. The van der Waals surface area contributed by atoms with Gasteiger partial charge in [0.25, 0.3) is 0 Å². The maximum Gasteiger partial charge on any atom is 0.472 e. The van der Waals surface area contributed by atoms with E-state index in [0.717, 1.165) is 128 Å². The van der Waals surface area contributed by atoms with Gasteiger partial charge in [0, 0.05) is 12.8 Å². The van der Waals surface area contributed by atoms with E-state index in [9.17, 15) is 19.0 Å². The standard InChI is InChI=1S/C56H94NO8P/c1-6-8-10-12-14-16-18-20-22-24-25-26-27-28-29-30-31-33-35-37-39-41-43-45-47-49-56(59)65-54(53-64-66(60,61)63-51-50-57(3,4)5)52-62-55(58)48-46-44-42-40-38-36-34-32-23-21-19-17-15-13-11-9-7-2/h8-11,14-17,20-23,25-26,28-29,31,33,54H,6-7,12-13,18-19,24,27,30,32,34-53H2,1-5H3/p+1/b10-8-,11-9-,16-14-,17-15-,22-20-,23-21-,26-25-,29-28-,33-31-. The molecule has 0 spiro atoms. The Bertz CT molecular complexity index is 1480. The molecule has 0 aromatic heterocycles. The number of rotatable bonds is 45. The lowest BCUT2D eigenvalue weighted by atomic mass is 10.1. The van der Waals surface area contributed by atoms with E-state index in [1.54, 1.807) is 0 Å². The van der Waals surface area contributed by atoms with Crippen LogP contribution in [0.3, 0.4) is 0 Å². The van der Waals surface area contributed by atoms with Gasteiger partial charge in [-0.3, -0.25) is 18.6 Å². The largest absolute Gasteiger partial charge is 0.472 e. The number of ether oxygens (including phenoxy) is 2. The molecule has 0 bridgehead atoms.